The Morgan fingerprint density at radius 3 is 2.57 bits per heavy atom. The maximum Gasteiger partial charge on any atom is 0.252 e. The van der Waals surface area contributed by atoms with Crippen molar-refractivity contribution < 1.29 is 14.3 Å². The van der Waals surface area contributed by atoms with Crippen LogP contribution in [0.25, 0.3) is 0 Å². The van der Waals surface area contributed by atoms with Crippen LogP contribution in [0.5, 0.6) is 5.75 Å². The van der Waals surface area contributed by atoms with Crippen LogP contribution in [0.1, 0.15) is 30.6 Å². The molecule has 1 atom stereocenters. The van der Waals surface area contributed by atoms with Crippen molar-refractivity contribution in [2.45, 2.75) is 26.3 Å². The molecule has 0 spiro atoms. The zero-order valence-corrected chi connectivity index (χ0v) is 14.3. The fourth-order valence-electron chi connectivity index (χ4n) is 2.03. The number of primary amides is 1. The lowest BCUT2D eigenvalue weighted by Crippen LogP contribution is -2.45. The summed E-state index contributed by atoms with van der Waals surface area (Å²) in [6.07, 6.45) is 0.514. The second-order valence-electron chi connectivity index (χ2n) is 6.24. The molecule has 6 heteroatoms. The van der Waals surface area contributed by atoms with Crippen molar-refractivity contribution in [2.75, 3.05) is 27.2 Å². The number of nitrogens with one attached hydrogen (secondary N) is 1. The van der Waals surface area contributed by atoms with E-state index in [4.69, 9.17) is 10.5 Å². The number of benzene rings is 1. The summed E-state index contributed by atoms with van der Waals surface area (Å²) in [5.74, 6) is 0.0328. The van der Waals surface area contributed by atoms with Gasteiger partial charge in [0.05, 0.1) is 0 Å². The molecule has 2 amide bonds. The maximum absolute atomic E-state index is 12.3. The number of nitrogens with two attached hydrogens (primary N) is 1. The van der Waals surface area contributed by atoms with Crippen molar-refractivity contribution in [3.05, 3.63) is 29.8 Å². The van der Waals surface area contributed by atoms with Crippen LogP contribution in [0, 0.1) is 5.92 Å². The summed E-state index contributed by atoms with van der Waals surface area (Å²) in [5, 5.41) is 2.69. The first-order valence-electron chi connectivity index (χ1n) is 7.77. The molecule has 23 heavy (non-hydrogen) atoms. The Balaban J connectivity index is 2.69. The van der Waals surface area contributed by atoms with Crippen molar-refractivity contribution in [2.24, 2.45) is 11.7 Å². The summed E-state index contributed by atoms with van der Waals surface area (Å²) in [7, 11) is 3.93. The molecule has 0 aliphatic rings. The van der Waals surface area contributed by atoms with Gasteiger partial charge in [-0.05, 0) is 44.6 Å². The van der Waals surface area contributed by atoms with E-state index in [9.17, 15) is 9.59 Å². The number of hydrogen-bond donors (Lipinski definition) is 2. The van der Waals surface area contributed by atoms with Crippen LogP contribution in [-0.2, 0) is 4.79 Å². The van der Waals surface area contributed by atoms with Gasteiger partial charge >= 0.3 is 0 Å². The highest BCUT2D eigenvalue weighted by Crippen LogP contribution is 2.14. The molecule has 0 aliphatic carbocycles. The number of carbonyl (C=O) groups excluding carboxylic acids is 2. The first kappa shape index (κ1) is 19.0. The Morgan fingerprint density at radius 2 is 2.00 bits per heavy atom. The fourth-order valence-corrected chi connectivity index (χ4v) is 2.03. The summed E-state index contributed by atoms with van der Waals surface area (Å²) in [6, 6.07) is 6.23. The predicted octanol–water partition coefficient (Wildman–Crippen LogP) is 1.26. The molecule has 6 nitrogen and oxygen atoms in total. The smallest absolute Gasteiger partial charge is 0.252 e. The Morgan fingerprint density at radius 1 is 1.30 bits per heavy atom. The lowest BCUT2D eigenvalue weighted by molar-refractivity contribution is -0.120. The highest BCUT2D eigenvalue weighted by atomic mass is 16.5. The second kappa shape index (κ2) is 9.15. The molecule has 0 radical (unpaired) electrons. The van der Waals surface area contributed by atoms with E-state index in [2.05, 4.69) is 5.32 Å². The second-order valence-corrected chi connectivity index (χ2v) is 6.24. The van der Waals surface area contributed by atoms with E-state index < -0.39 is 11.9 Å². The van der Waals surface area contributed by atoms with Crippen LogP contribution in [0.2, 0.25) is 0 Å². The van der Waals surface area contributed by atoms with Crippen molar-refractivity contribution in [3.63, 3.8) is 0 Å². The number of ether oxygens (including phenoxy) is 1. The van der Waals surface area contributed by atoms with Crippen LogP contribution in [0.4, 0.5) is 0 Å². The number of rotatable bonds is 9. The summed E-state index contributed by atoms with van der Waals surface area (Å²) in [6.45, 7) is 5.27. The average molecular weight is 321 g/mol. The highest BCUT2D eigenvalue weighted by molar-refractivity contribution is 5.97. The predicted molar refractivity (Wildman–Crippen MR) is 90.4 cm³/mol. The van der Waals surface area contributed by atoms with Gasteiger partial charge in [0.1, 0.15) is 18.4 Å². The van der Waals surface area contributed by atoms with Gasteiger partial charge in [0.2, 0.25) is 5.91 Å². The van der Waals surface area contributed by atoms with Crippen molar-refractivity contribution in [3.8, 4) is 5.75 Å². The normalized spacial score (nSPS) is 12.3. The van der Waals surface area contributed by atoms with Gasteiger partial charge in [-0.1, -0.05) is 19.9 Å². The number of likely N-dealkylation sites (N-methyl/N-ethyl adjacent to an activating group) is 1. The van der Waals surface area contributed by atoms with E-state index in [-0.39, 0.29) is 11.8 Å². The lowest BCUT2D eigenvalue weighted by Gasteiger charge is -2.17. The van der Waals surface area contributed by atoms with Crippen LogP contribution >= 0.6 is 0 Å². The Kier molecular flexibility index (Phi) is 7.54. The summed E-state index contributed by atoms with van der Waals surface area (Å²) in [4.78, 5) is 25.8. The van der Waals surface area contributed by atoms with Crippen molar-refractivity contribution in [1.82, 2.24) is 10.2 Å². The largest absolute Gasteiger partial charge is 0.492 e. The number of amides is 2. The van der Waals surface area contributed by atoms with Crippen LogP contribution in [0.15, 0.2) is 24.3 Å². The van der Waals surface area contributed by atoms with Crippen LogP contribution in [-0.4, -0.2) is 50.0 Å². The Bertz CT molecular complexity index is 530. The standard InChI is InChI=1S/C17H27N3O3/c1-12(2)10-15(16(18)21)19-17(22)13-6-5-7-14(11-13)23-9-8-20(3)4/h5-7,11-12,15H,8-10H2,1-4H3,(H2,18,21)(H,19,22). The third-order valence-corrected chi connectivity index (χ3v) is 3.26. The monoisotopic (exact) mass is 321 g/mol. The summed E-state index contributed by atoms with van der Waals surface area (Å²) < 4.78 is 5.61. The minimum atomic E-state index is -0.666. The minimum Gasteiger partial charge on any atom is -0.492 e. The molecule has 0 saturated carbocycles. The quantitative estimate of drug-likeness (QED) is 0.717. The number of carbonyl (C=O) groups is 2. The molecule has 128 valence electrons. The number of hydrogen-bond acceptors (Lipinski definition) is 4. The first-order valence-corrected chi connectivity index (χ1v) is 7.77. The lowest BCUT2D eigenvalue weighted by atomic mass is 10.0. The van der Waals surface area contributed by atoms with Gasteiger partial charge in [-0.3, -0.25) is 9.59 Å². The van der Waals surface area contributed by atoms with Crippen molar-refractivity contribution in [1.29, 1.82) is 0 Å². The van der Waals surface area contributed by atoms with Crippen LogP contribution in [0.3, 0.4) is 0 Å². The molecule has 0 heterocycles. The van der Waals surface area contributed by atoms with E-state index >= 15 is 0 Å². The van der Waals surface area contributed by atoms with E-state index in [0.717, 1.165) is 6.54 Å². The Labute approximate surface area is 138 Å². The van der Waals surface area contributed by atoms with E-state index in [1.807, 2.05) is 32.8 Å². The van der Waals surface area contributed by atoms with E-state index in [1.54, 1.807) is 24.3 Å². The average Bonchev–Trinajstić information content (AvgIpc) is 2.45. The third kappa shape index (κ3) is 7.15. The molecular weight excluding hydrogens is 294 g/mol. The Hall–Kier alpha value is -2.08. The third-order valence-electron chi connectivity index (χ3n) is 3.26. The van der Waals surface area contributed by atoms with E-state index in [0.29, 0.717) is 24.3 Å². The van der Waals surface area contributed by atoms with E-state index in [1.165, 1.54) is 0 Å². The van der Waals surface area contributed by atoms with Gasteiger partial charge in [-0.25, -0.2) is 0 Å². The van der Waals surface area contributed by atoms with Gasteiger partial charge in [0, 0.05) is 12.1 Å². The molecule has 1 unspecified atom stereocenters. The molecule has 0 bridgehead atoms. The molecule has 0 saturated heterocycles. The zero-order chi connectivity index (χ0) is 17.4. The fraction of sp³-hybridized carbons (Fsp3) is 0.529. The molecule has 0 aliphatic heterocycles. The SMILES string of the molecule is CC(C)CC(NC(=O)c1cccc(OCCN(C)C)c1)C(N)=O. The summed E-state index contributed by atoms with van der Waals surface area (Å²) in [5.41, 5.74) is 5.80. The molecule has 0 fully saturated rings. The minimum absolute atomic E-state index is 0.258. The molecular formula is C17H27N3O3. The molecule has 3 N–H and O–H groups in total. The molecule has 1 aromatic carbocycles. The number of nitrogens with zero attached hydrogens (tertiary/aromatic N) is 1. The zero-order valence-electron chi connectivity index (χ0n) is 14.3. The maximum atomic E-state index is 12.3. The topological polar surface area (TPSA) is 84.7 Å². The van der Waals surface area contributed by atoms with Crippen molar-refractivity contribution >= 4 is 11.8 Å². The molecule has 1 rings (SSSR count). The van der Waals surface area contributed by atoms with Gasteiger partial charge in [-0.15, -0.1) is 0 Å². The van der Waals surface area contributed by atoms with Gasteiger partial charge in [0.25, 0.3) is 5.91 Å². The molecule has 0 aromatic heterocycles. The van der Waals surface area contributed by atoms with Crippen LogP contribution < -0.4 is 15.8 Å². The van der Waals surface area contributed by atoms with Gasteiger partial charge in [-0.2, -0.15) is 0 Å². The highest BCUT2D eigenvalue weighted by Gasteiger charge is 2.20. The van der Waals surface area contributed by atoms with Gasteiger partial charge in [0.15, 0.2) is 0 Å². The first-order chi connectivity index (χ1) is 10.8. The summed E-state index contributed by atoms with van der Waals surface area (Å²) >= 11 is 0. The molecule has 1 aromatic rings. The van der Waals surface area contributed by atoms with Gasteiger partial charge < -0.3 is 20.7 Å².